The lowest BCUT2D eigenvalue weighted by Gasteiger charge is -2.15. The molecule has 2 nitrogen and oxygen atoms in total. The van der Waals surface area contributed by atoms with E-state index in [1.807, 2.05) is 6.07 Å². The van der Waals surface area contributed by atoms with E-state index in [1.165, 1.54) is 18.4 Å². The van der Waals surface area contributed by atoms with Gasteiger partial charge < -0.3 is 10.4 Å². The summed E-state index contributed by atoms with van der Waals surface area (Å²) < 4.78 is 0. The van der Waals surface area contributed by atoms with Crippen molar-refractivity contribution in [3.63, 3.8) is 0 Å². The molecule has 16 heavy (non-hydrogen) atoms. The number of nitrogens with one attached hydrogen (secondary N) is 1. The first-order valence-corrected chi connectivity index (χ1v) is 6.18. The molecule has 88 valence electrons. The van der Waals surface area contributed by atoms with Gasteiger partial charge in [0, 0.05) is 12.6 Å². The Morgan fingerprint density at radius 3 is 2.75 bits per heavy atom. The van der Waals surface area contributed by atoms with Crippen LogP contribution in [0.2, 0.25) is 0 Å². The average Bonchev–Trinajstić information content (AvgIpc) is 3.10. The van der Waals surface area contributed by atoms with E-state index >= 15 is 0 Å². The van der Waals surface area contributed by atoms with Crippen LogP contribution < -0.4 is 5.32 Å². The van der Waals surface area contributed by atoms with Gasteiger partial charge in [-0.15, -0.1) is 0 Å². The molecule has 0 aromatic heterocycles. The highest BCUT2D eigenvalue weighted by Gasteiger charge is 2.23. The SMILES string of the molecule is CC(C)NCC(O)c1cccc(C2CC2)c1. The molecule has 0 spiro atoms. The Hall–Kier alpha value is -0.860. The third-order valence-electron chi connectivity index (χ3n) is 3.06. The van der Waals surface area contributed by atoms with Crippen molar-refractivity contribution in [2.45, 2.75) is 44.8 Å². The van der Waals surface area contributed by atoms with Crippen molar-refractivity contribution < 1.29 is 5.11 Å². The molecule has 0 bridgehead atoms. The van der Waals surface area contributed by atoms with Crippen LogP contribution in [0.5, 0.6) is 0 Å². The maximum Gasteiger partial charge on any atom is 0.0914 e. The largest absolute Gasteiger partial charge is 0.387 e. The molecular weight excluding hydrogens is 198 g/mol. The Labute approximate surface area is 97.7 Å². The van der Waals surface area contributed by atoms with Gasteiger partial charge in [0.2, 0.25) is 0 Å². The summed E-state index contributed by atoms with van der Waals surface area (Å²) in [6, 6.07) is 8.81. The lowest BCUT2D eigenvalue weighted by atomic mass is 10.0. The molecule has 0 amide bonds. The van der Waals surface area contributed by atoms with Gasteiger partial charge in [-0.2, -0.15) is 0 Å². The van der Waals surface area contributed by atoms with Gasteiger partial charge in [-0.3, -0.25) is 0 Å². The van der Waals surface area contributed by atoms with Crippen molar-refractivity contribution in [1.82, 2.24) is 5.32 Å². The second-order valence-corrected chi connectivity index (χ2v) is 5.02. The zero-order valence-electron chi connectivity index (χ0n) is 10.1. The number of rotatable bonds is 5. The van der Waals surface area contributed by atoms with E-state index in [9.17, 15) is 5.11 Å². The Morgan fingerprint density at radius 2 is 2.12 bits per heavy atom. The van der Waals surface area contributed by atoms with Gasteiger partial charge in [0.1, 0.15) is 0 Å². The van der Waals surface area contributed by atoms with Gasteiger partial charge in [0.25, 0.3) is 0 Å². The summed E-state index contributed by atoms with van der Waals surface area (Å²) in [5.74, 6) is 0.755. The highest BCUT2D eigenvalue weighted by molar-refractivity contribution is 5.30. The van der Waals surface area contributed by atoms with Crippen LogP contribution >= 0.6 is 0 Å². The number of benzene rings is 1. The van der Waals surface area contributed by atoms with Crippen molar-refractivity contribution >= 4 is 0 Å². The maximum atomic E-state index is 10.0. The zero-order chi connectivity index (χ0) is 11.5. The molecule has 2 N–H and O–H groups in total. The minimum atomic E-state index is -0.388. The van der Waals surface area contributed by atoms with Crippen molar-refractivity contribution in [2.75, 3.05) is 6.54 Å². The topological polar surface area (TPSA) is 32.3 Å². The van der Waals surface area contributed by atoms with Crippen LogP contribution in [-0.4, -0.2) is 17.7 Å². The molecule has 0 heterocycles. The third kappa shape index (κ3) is 3.06. The highest BCUT2D eigenvalue weighted by Crippen LogP contribution is 2.40. The minimum absolute atomic E-state index is 0.388. The number of aliphatic hydroxyl groups excluding tert-OH is 1. The highest BCUT2D eigenvalue weighted by atomic mass is 16.3. The summed E-state index contributed by atoms with van der Waals surface area (Å²) in [6.45, 7) is 4.81. The molecule has 1 aromatic rings. The zero-order valence-corrected chi connectivity index (χ0v) is 10.1. The smallest absolute Gasteiger partial charge is 0.0914 e. The van der Waals surface area contributed by atoms with Crippen LogP contribution in [0.15, 0.2) is 24.3 Å². The summed E-state index contributed by atoms with van der Waals surface area (Å²) in [4.78, 5) is 0. The molecule has 2 rings (SSSR count). The van der Waals surface area contributed by atoms with Gasteiger partial charge in [0.05, 0.1) is 6.10 Å². The van der Waals surface area contributed by atoms with Gasteiger partial charge in [-0.05, 0) is 29.9 Å². The fourth-order valence-corrected chi connectivity index (χ4v) is 1.90. The van der Waals surface area contributed by atoms with E-state index in [0.29, 0.717) is 12.6 Å². The van der Waals surface area contributed by atoms with E-state index in [0.717, 1.165) is 11.5 Å². The first kappa shape index (κ1) is 11.6. The third-order valence-corrected chi connectivity index (χ3v) is 3.06. The first-order chi connectivity index (χ1) is 7.66. The van der Waals surface area contributed by atoms with E-state index in [4.69, 9.17) is 0 Å². The predicted molar refractivity (Wildman–Crippen MR) is 66.5 cm³/mol. The lowest BCUT2D eigenvalue weighted by molar-refractivity contribution is 0.171. The van der Waals surface area contributed by atoms with E-state index in [-0.39, 0.29) is 6.10 Å². The molecule has 0 radical (unpaired) electrons. The quantitative estimate of drug-likeness (QED) is 0.798. The Balaban J connectivity index is 1.98. The van der Waals surface area contributed by atoms with Crippen LogP contribution in [0.3, 0.4) is 0 Å². The molecular formula is C14H21NO. The fraction of sp³-hybridized carbons (Fsp3) is 0.571. The van der Waals surface area contributed by atoms with Crippen LogP contribution in [-0.2, 0) is 0 Å². The normalized spacial score (nSPS) is 17.8. The monoisotopic (exact) mass is 219 g/mol. The second kappa shape index (κ2) is 4.98. The summed E-state index contributed by atoms with van der Waals surface area (Å²) in [7, 11) is 0. The number of hydrogen-bond acceptors (Lipinski definition) is 2. The Bertz CT molecular complexity index is 344. The standard InChI is InChI=1S/C14H21NO/c1-10(2)15-9-14(16)13-5-3-4-12(8-13)11-6-7-11/h3-5,8,10-11,14-16H,6-7,9H2,1-2H3. The maximum absolute atomic E-state index is 10.0. The minimum Gasteiger partial charge on any atom is -0.387 e. The van der Waals surface area contributed by atoms with E-state index < -0.39 is 0 Å². The fourth-order valence-electron chi connectivity index (χ4n) is 1.90. The Morgan fingerprint density at radius 1 is 1.38 bits per heavy atom. The molecule has 1 saturated carbocycles. The Kier molecular flexibility index (Phi) is 3.62. The van der Waals surface area contributed by atoms with Crippen LogP contribution in [0.25, 0.3) is 0 Å². The van der Waals surface area contributed by atoms with Gasteiger partial charge in [-0.1, -0.05) is 38.1 Å². The second-order valence-electron chi connectivity index (χ2n) is 5.02. The van der Waals surface area contributed by atoms with E-state index in [1.54, 1.807) is 0 Å². The van der Waals surface area contributed by atoms with Gasteiger partial charge in [0.15, 0.2) is 0 Å². The molecule has 1 aliphatic carbocycles. The predicted octanol–water partition coefficient (Wildman–Crippen LogP) is 2.60. The summed E-state index contributed by atoms with van der Waals surface area (Å²) in [6.07, 6.45) is 2.23. The van der Waals surface area contributed by atoms with Crippen molar-refractivity contribution in [3.8, 4) is 0 Å². The van der Waals surface area contributed by atoms with Gasteiger partial charge in [-0.25, -0.2) is 0 Å². The lowest BCUT2D eigenvalue weighted by Crippen LogP contribution is -2.27. The molecule has 1 aromatic carbocycles. The molecule has 0 aliphatic heterocycles. The summed E-state index contributed by atoms with van der Waals surface area (Å²) in [5, 5.41) is 13.3. The molecule has 0 saturated heterocycles. The molecule has 1 atom stereocenters. The molecule has 1 fully saturated rings. The van der Waals surface area contributed by atoms with Crippen LogP contribution in [0, 0.1) is 0 Å². The van der Waals surface area contributed by atoms with Crippen molar-refractivity contribution in [2.24, 2.45) is 0 Å². The van der Waals surface area contributed by atoms with E-state index in [2.05, 4.69) is 37.4 Å². The summed E-state index contributed by atoms with van der Waals surface area (Å²) in [5.41, 5.74) is 2.43. The van der Waals surface area contributed by atoms with Crippen LogP contribution in [0.1, 0.15) is 49.8 Å². The number of hydrogen-bond donors (Lipinski definition) is 2. The van der Waals surface area contributed by atoms with Crippen molar-refractivity contribution in [1.29, 1.82) is 0 Å². The average molecular weight is 219 g/mol. The molecule has 1 aliphatic rings. The number of aliphatic hydroxyl groups is 1. The molecule has 2 heteroatoms. The summed E-state index contributed by atoms with van der Waals surface area (Å²) >= 11 is 0. The van der Waals surface area contributed by atoms with Crippen LogP contribution in [0.4, 0.5) is 0 Å². The molecule has 1 unspecified atom stereocenters. The van der Waals surface area contributed by atoms with Crippen molar-refractivity contribution in [3.05, 3.63) is 35.4 Å². The first-order valence-electron chi connectivity index (χ1n) is 6.18. The van der Waals surface area contributed by atoms with Gasteiger partial charge >= 0.3 is 0 Å².